The molecule has 1 rings (SSSR count). The van der Waals surface area contributed by atoms with Gasteiger partial charge in [0.1, 0.15) is 6.21 Å². The minimum absolute atomic E-state index is 0.380. The van der Waals surface area contributed by atoms with Crippen LogP contribution in [0.1, 0.15) is 5.82 Å². The van der Waals surface area contributed by atoms with Gasteiger partial charge in [-0.25, -0.2) is 9.97 Å². The van der Waals surface area contributed by atoms with Crippen LogP contribution in [0.3, 0.4) is 0 Å². The Morgan fingerprint density at radius 1 is 1.50 bits per heavy atom. The van der Waals surface area contributed by atoms with E-state index in [0.29, 0.717) is 5.82 Å². The molecule has 0 fully saturated rings. The first-order chi connectivity index (χ1) is 4.83. The summed E-state index contributed by atoms with van der Waals surface area (Å²) in [4.78, 5) is 7.60. The zero-order chi connectivity index (χ0) is 7.40. The average Bonchev–Trinajstić information content (AvgIpc) is 1.95. The summed E-state index contributed by atoms with van der Waals surface area (Å²) in [6, 6.07) is 0. The molecule has 0 spiro atoms. The van der Waals surface area contributed by atoms with Crippen molar-refractivity contribution in [3.63, 3.8) is 0 Å². The van der Waals surface area contributed by atoms with Gasteiger partial charge in [0, 0.05) is 12.4 Å². The first-order valence-electron chi connectivity index (χ1n) is 2.48. The molecule has 5 heteroatoms. The van der Waals surface area contributed by atoms with E-state index in [1.165, 1.54) is 0 Å². The van der Waals surface area contributed by atoms with Crippen LogP contribution in [0.2, 0.25) is 0 Å². The summed E-state index contributed by atoms with van der Waals surface area (Å²) in [6.07, 6.45) is 4.31. The van der Waals surface area contributed by atoms with Crippen LogP contribution >= 0.6 is 15.9 Å². The highest BCUT2D eigenvalue weighted by molar-refractivity contribution is 9.10. The largest absolute Gasteiger partial charge is 0.411 e. The molecule has 0 bridgehead atoms. The lowest BCUT2D eigenvalue weighted by molar-refractivity contribution is 0.321. The van der Waals surface area contributed by atoms with Gasteiger partial charge in [-0.3, -0.25) is 0 Å². The standard InChI is InChI=1S/C5H4BrN3O/c6-4-1-7-5(3-9-10)8-2-4/h1-3,10H/b9-3+. The number of hydrogen-bond donors (Lipinski definition) is 1. The van der Waals surface area contributed by atoms with Crippen LogP contribution in [0.4, 0.5) is 0 Å². The van der Waals surface area contributed by atoms with Crippen LogP contribution in [0.5, 0.6) is 0 Å². The zero-order valence-corrected chi connectivity index (χ0v) is 6.48. The molecule has 0 atom stereocenters. The van der Waals surface area contributed by atoms with E-state index < -0.39 is 0 Å². The number of hydrogen-bond acceptors (Lipinski definition) is 4. The van der Waals surface area contributed by atoms with Crippen molar-refractivity contribution in [1.29, 1.82) is 0 Å². The van der Waals surface area contributed by atoms with E-state index in [0.717, 1.165) is 10.7 Å². The Labute approximate surface area is 65.7 Å². The van der Waals surface area contributed by atoms with Crippen molar-refractivity contribution >= 4 is 22.1 Å². The fourth-order valence-corrected chi connectivity index (χ4v) is 0.645. The van der Waals surface area contributed by atoms with E-state index in [2.05, 4.69) is 31.1 Å². The van der Waals surface area contributed by atoms with E-state index >= 15 is 0 Å². The van der Waals surface area contributed by atoms with Crippen LogP contribution in [-0.4, -0.2) is 21.4 Å². The van der Waals surface area contributed by atoms with Gasteiger partial charge in [-0.05, 0) is 15.9 Å². The zero-order valence-electron chi connectivity index (χ0n) is 4.90. The molecule has 0 aromatic carbocycles. The Morgan fingerprint density at radius 3 is 2.60 bits per heavy atom. The van der Waals surface area contributed by atoms with Crippen LogP contribution in [-0.2, 0) is 0 Å². The Bertz CT molecular complexity index is 233. The third-order valence-corrected chi connectivity index (χ3v) is 1.22. The maximum atomic E-state index is 8.07. The Morgan fingerprint density at radius 2 is 2.10 bits per heavy atom. The number of rotatable bonds is 1. The second-order valence-electron chi connectivity index (χ2n) is 1.50. The second kappa shape index (κ2) is 3.26. The van der Waals surface area contributed by atoms with E-state index in [4.69, 9.17) is 5.21 Å². The SMILES string of the molecule is O/N=C/c1ncc(Br)cn1. The minimum atomic E-state index is 0.380. The molecule has 0 aliphatic rings. The fourth-order valence-electron chi connectivity index (χ4n) is 0.441. The van der Waals surface area contributed by atoms with Crippen molar-refractivity contribution < 1.29 is 5.21 Å². The highest BCUT2D eigenvalue weighted by atomic mass is 79.9. The van der Waals surface area contributed by atoms with Gasteiger partial charge in [0.2, 0.25) is 0 Å². The van der Waals surface area contributed by atoms with E-state index in [-0.39, 0.29) is 0 Å². The van der Waals surface area contributed by atoms with Gasteiger partial charge < -0.3 is 5.21 Å². The molecule has 4 nitrogen and oxygen atoms in total. The van der Waals surface area contributed by atoms with Crippen molar-refractivity contribution in [2.45, 2.75) is 0 Å². The van der Waals surface area contributed by atoms with Crippen molar-refractivity contribution in [3.8, 4) is 0 Å². The molecule has 0 aliphatic heterocycles. The second-order valence-corrected chi connectivity index (χ2v) is 2.42. The number of halogens is 1. The molecule has 1 aromatic heterocycles. The molecule has 0 unspecified atom stereocenters. The van der Waals surface area contributed by atoms with Crippen molar-refractivity contribution in [1.82, 2.24) is 9.97 Å². The summed E-state index contributed by atoms with van der Waals surface area (Å²) >= 11 is 3.16. The maximum Gasteiger partial charge on any atom is 0.173 e. The number of nitrogens with zero attached hydrogens (tertiary/aromatic N) is 3. The molecular weight excluding hydrogens is 198 g/mol. The third-order valence-electron chi connectivity index (χ3n) is 0.814. The predicted molar refractivity (Wildman–Crippen MR) is 39.1 cm³/mol. The van der Waals surface area contributed by atoms with Crippen molar-refractivity contribution in [2.75, 3.05) is 0 Å². The first kappa shape index (κ1) is 7.14. The Hall–Kier alpha value is -0.970. The average molecular weight is 202 g/mol. The summed E-state index contributed by atoms with van der Waals surface area (Å²) in [5, 5.41) is 10.8. The summed E-state index contributed by atoms with van der Waals surface area (Å²) in [7, 11) is 0. The highest BCUT2D eigenvalue weighted by Gasteiger charge is 1.89. The lowest BCUT2D eigenvalue weighted by Gasteiger charge is -1.88. The normalized spacial score (nSPS) is 10.5. The molecule has 10 heavy (non-hydrogen) atoms. The summed E-state index contributed by atoms with van der Waals surface area (Å²) in [5.74, 6) is 0.380. The van der Waals surface area contributed by atoms with Gasteiger partial charge in [0.15, 0.2) is 5.82 Å². The lowest BCUT2D eigenvalue weighted by Crippen LogP contribution is -1.90. The topological polar surface area (TPSA) is 58.4 Å². The monoisotopic (exact) mass is 201 g/mol. The van der Waals surface area contributed by atoms with Crippen LogP contribution < -0.4 is 0 Å². The lowest BCUT2D eigenvalue weighted by atomic mass is 10.6. The predicted octanol–water partition coefficient (Wildman–Crippen LogP) is 1.05. The molecule has 0 saturated heterocycles. The molecule has 0 radical (unpaired) electrons. The summed E-state index contributed by atoms with van der Waals surface area (Å²) in [6.45, 7) is 0. The molecule has 0 amide bonds. The number of oxime groups is 1. The van der Waals surface area contributed by atoms with Crippen LogP contribution in [0, 0.1) is 0 Å². The molecule has 1 N–H and O–H groups in total. The molecule has 1 aromatic rings. The fraction of sp³-hybridized carbons (Fsp3) is 0. The number of aromatic nitrogens is 2. The Kier molecular flexibility index (Phi) is 2.33. The van der Waals surface area contributed by atoms with Gasteiger partial charge in [-0.2, -0.15) is 0 Å². The molecular formula is C5H4BrN3O. The van der Waals surface area contributed by atoms with Gasteiger partial charge in [-0.1, -0.05) is 5.16 Å². The summed E-state index contributed by atoms with van der Waals surface area (Å²) < 4.78 is 0.794. The molecule has 0 aliphatic carbocycles. The molecule has 1 heterocycles. The maximum absolute atomic E-state index is 8.07. The summed E-state index contributed by atoms with van der Waals surface area (Å²) in [5.41, 5.74) is 0. The van der Waals surface area contributed by atoms with Crippen LogP contribution in [0.25, 0.3) is 0 Å². The first-order valence-corrected chi connectivity index (χ1v) is 3.27. The van der Waals surface area contributed by atoms with Gasteiger partial charge in [0.25, 0.3) is 0 Å². The highest BCUT2D eigenvalue weighted by Crippen LogP contribution is 2.02. The van der Waals surface area contributed by atoms with Crippen molar-refractivity contribution in [3.05, 3.63) is 22.7 Å². The molecule has 52 valence electrons. The van der Waals surface area contributed by atoms with E-state index in [1.54, 1.807) is 12.4 Å². The third kappa shape index (κ3) is 1.77. The van der Waals surface area contributed by atoms with E-state index in [9.17, 15) is 0 Å². The minimum Gasteiger partial charge on any atom is -0.411 e. The van der Waals surface area contributed by atoms with Crippen molar-refractivity contribution in [2.24, 2.45) is 5.16 Å². The Balaban J connectivity index is 2.89. The van der Waals surface area contributed by atoms with Gasteiger partial charge >= 0.3 is 0 Å². The quantitative estimate of drug-likeness (QED) is 0.420. The van der Waals surface area contributed by atoms with E-state index in [1.807, 2.05) is 0 Å². The van der Waals surface area contributed by atoms with Crippen LogP contribution in [0.15, 0.2) is 22.0 Å². The molecule has 0 saturated carbocycles. The van der Waals surface area contributed by atoms with Gasteiger partial charge in [0.05, 0.1) is 4.47 Å². The smallest absolute Gasteiger partial charge is 0.173 e. The van der Waals surface area contributed by atoms with Gasteiger partial charge in [-0.15, -0.1) is 0 Å².